The van der Waals surface area contributed by atoms with Crippen LogP contribution in [-0.4, -0.2) is 58.1 Å². The molecule has 0 bridgehead atoms. The Balaban J connectivity index is 1.68. The molecule has 3 rings (SSSR count). The molecule has 1 amide bonds. The van der Waals surface area contributed by atoms with E-state index in [1.54, 1.807) is 36.4 Å². The summed E-state index contributed by atoms with van der Waals surface area (Å²) in [7, 11) is -3.95. The van der Waals surface area contributed by atoms with Crippen LogP contribution in [0.4, 0.5) is 5.69 Å². The van der Waals surface area contributed by atoms with Crippen LogP contribution in [-0.2, 0) is 14.8 Å². The fourth-order valence-electron chi connectivity index (χ4n) is 4.44. The smallest absolute Gasteiger partial charge is 0.264 e. The molecule has 1 fully saturated rings. The number of amides is 1. The van der Waals surface area contributed by atoms with Crippen molar-refractivity contribution >= 4 is 37.5 Å². The van der Waals surface area contributed by atoms with Crippen LogP contribution in [0.5, 0.6) is 5.75 Å². The van der Waals surface area contributed by atoms with Gasteiger partial charge in [-0.05, 0) is 87.7 Å². The normalized spacial score (nSPS) is 16.6. The van der Waals surface area contributed by atoms with Crippen LogP contribution in [0.2, 0.25) is 0 Å². The second-order valence-electron chi connectivity index (χ2n) is 8.69. The largest absolute Gasteiger partial charge is 0.494 e. The zero-order valence-electron chi connectivity index (χ0n) is 20.6. The lowest BCUT2D eigenvalue weighted by Crippen LogP contribution is -2.43. The minimum Gasteiger partial charge on any atom is -0.494 e. The molecule has 1 saturated heterocycles. The third-order valence-electron chi connectivity index (χ3n) is 6.29. The highest BCUT2D eigenvalue weighted by molar-refractivity contribution is 9.10. The van der Waals surface area contributed by atoms with E-state index in [0.717, 1.165) is 34.7 Å². The lowest BCUT2D eigenvalue weighted by atomic mass is 10.00. The SMILES string of the molecule is CCOc1ccc(N(CC(=O)NCCCN2CCCCC2CC)S(=O)(=O)c2ccc(Br)cc2)cc1. The van der Waals surface area contributed by atoms with E-state index in [1.807, 2.05) is 6.92 Å². The van der Waals surface area contributed by atoms with E-state index in [2.05, 4.69) is 33.1 Å². The molecule has 7 nitrogen and oxygen atoms in total. The number of halogens is 1. The van der Waals surface area contributed by atoms with Gasteiger partial charge in [-0.3, -0.25) is 9.10 Å². The van der Waals surface area contributed by atoms with Gasteiger partial charge >= 0.3 is 0 Å². The summed E-state index contributed by atoms with van der Waals surface area (Å²) in [6, 6.07) is 13.8. The maximum Gasteiger partial charge on any atom is 0.264 e. The maximum atomic E-state index is 13.5. The first-order valence-electron chi connectivity index (χ1n) is 12.4. The molecule has 2 aromatic carbocycles. The monoisotopic (exact) mass is 565 g/mol. The minimum atomic E-state index is -3.95. The summed E-state index contributed by atoms with van der Waals surface area (Å²) >= 11 is 3.34. The van der Waals surface area contributed by atoms with Gasteiger partial charge < -0.3 is 15.0 Å². The zero-order chi connectivity index (χ0) is 25.3. The Bertz CT molecular complexity index is 1050. The van der Waals surface area contributed by atoms with Gasteiger partial charge in [-0.15, -0.1) is 0 Å². The van der Waals surface area contributed by atoms with E-state index in [4.69, 9.17) is 4.74 Å². The molecule has 1 aliphatic heterocycles. The predicted octanol–water partition coefficient (Wildman–Crippen LogP) is 4.81. The Labute approximate surface area is 218 Å². The van der Waals surface area contributed by atoms with Crippen LogP contribution in [0.25, 0.3) is 0 Å². The predicted molar refractivity (Wildman–Crippen MR) is 143 cm³/mol. The number of anilines is 1. The van der Waals surface area contributed by atoms with Gasteiger partial charge in [0, 0.05) is 23.6 Å². The first-order valence-corrected chi connectivity index (χ1v) is 14.6. The first kappa shape index (κ1) is 27.5. The van der Waals surface area contributed by atoms with E-state index in [0.29, 0.717) is 30.6 Å². The van der Waals surface area contributed by atoms with Crippen LogP contribution < -0.4 is 14.4 Å². The van der Waals surface area contributed by atoms with E-state index in [1.165, 1.54) is 31.4 Å². The third-order valence-corrected chi connectivity index (χ3v) is 8.61. The molecular formula is C26H36BrN3O4S. The van der Waals surface area contributed by atoms with E-state index in [9.17, 15) is 13.2 Å². The summed E-state index contributed by atoms with van der Waals surface area (Å²) < 4.78 is 34.4. The highest BCUT2D eigenvalue weighted by atomic mass is 79.9. The Kier molecular flexibility index (Phi) is 10.4. The number of hydrogen-bond donors (Lipinski definition) is 1. The highest BCUT2D eigenvalue weighted by Gasteiger charge is 2.27. The standard InChI is InChI=1S/C26H36BrN3O4S/c1-3-22-8-5-6-18-29(22)19-7-17-28-26(31)20-30(23-11-13-24(14-12-23)34-4-2)35(32,33)25-15-9-21(27)10-16-25/h9-16,22H,3-8,17-20H2,1-2H3,(H,28,31). The van der Waals surface area contributed by atoms with Gasteiger partial charge in [-0.25, -0.2) is 8.42 Å². The van der Waals surface area contributed by atoms with Gasteiger partial charge in [0.1, 0.15) is 12.3 Å². The number of nitrogens with zero attached hydrogens (tertiary/aromatic N) is 2. The molecule has 1 N–H and O–H groups in total. The van der Waals surface area contributed by atoms with Crippen LogP contribution in [0.3, 0.4) is 0 Å². The van der Waals surface area contributed by atoms with Crippen molar-refractivity contribution in [1.82, 2.24) is 10.2 Å². The van der Waals surface area contributed by atoms with Gasteiger partial charge in [0.25, 0.3) is 10.0 Å². The summed E-state index contributed by atoms with van der Waals surface area (Å²) in [5.41, 5.74) is 0.408. The van der Waals surface area contributed by atoms with E-state index < -0.39 is 10.0 Å². The number of benzene rings is 2. The molecule has 35 heavy (non-hydrogen) atoms. The average Bonchev–Trinajstić information content (AvgIpc) is 2.86. The lowest BCUT2D eigenvalue weighted by Gasteiger charge is -2.35. The fourth-order valence-corrected chi connectivity index (χ4v) is 6.12. The van der Waals surface area contributed by atoms with Crippen molar-refractivity contribution < 1.29 is 17.9 Å². The molecule has 2 aromatic rings. The molecule has 0 spiro atoms. The molecule has 0 saturated carbocycles. The molecule has 1 aliphatic rings. The van der Waals surface area contributed by atoms with Crippen LogP contribution in [0, 0.1) is 0 Å². The Morgan fingerprint density at radius 3 is 2.49 bits per heavy atom. The van der Waals surface area contributed by atoms with Crippen molar-refractivity contribution in [3.05, 3.63) is 53.0 Å². The Morgan fingerprint density at radius 2 is 1.83 bits per heavy atom. The molecule has 192 valence electrons. The van der Waals surface area contributed by atoms with Crippen LogP contribution in [0.15, 0.2) is 57.9 Å². The molecule has 1 heterocycles. The molecular weight excluding hydrogens is 530 g/mol. The number of nitrogens with one attached hydrogen (secondary N) is 1. The zero-order valence-corrected chi connectivity index (χ0v) is 23.0. The number of likely N-dealkylation sites (tertiary alicyclic amines) is 1. The van der Waals surface area contributed by atoms with Crippen LogP contribution in [0.1, 0.15) is 46.0 Å². The van der Waals surface area contributed by atoms with Crippen molar-refractivity contribution in [2.24, 2.45) is 0 Å². The second kappa shape index (κ2) is 13.3. The summed E-state index contributed by atoms with van der Waals surface area (Å²) in [4.78, 5) is 15.5. The van der Waals surface area contributed by atoms with Crippen molar-refractivity contribution in [3.63, 3.8) is 0 Å². The number of ether oxygens (including phenoxy) is 1. The first-order chi connectivity index (χ1) is 16.8. The molecule has 0 aromatic heterocycles. The summed E-state index contributed by atoms with van der Waals surface area (Å²) in [5, 5.41) is 2.92. The maximum absolute atomic E-state index is 13.5. The molecule has 0 radical (unpaired) electrons. The van der Waals surface area contributed by atoms with Gasteiger partial charge in [-0.2, -0.15) is 0 Å². The number of rotatable bonds is 12. The van der Waals surface area contributed by atoms with Crippen molar-refractivity contribution in [1.29, 1.82) is 0 Å². The summed E-state index contributed by atoms with van der Waals surface area (Å²) in [6.07, 6.45) is 5.75. The van der Waals surface area contributed by atoms with Gasteiger partial charge in [-0.1, -0.05) is 29.3 Å². The third kappa shape index (κ3) is 7.69. The number of hydrogen-bond acceptors (Lipinski definition) is 5. The van der Waals surface area contributed by atoms with E-state index in [-0.39, 0.29) is 17.3 Å². The molecule has 1 atom stereocenters. The Morgan fingerprint density at radius 1 is 1.11 bits per heavy atom. The molecule has 0 aliphatic carbocycles. The number of piperidine rings is 1. The average molecular weight is 567 g/mol. The number of sulfonamides is 1. The van der Waals surface area contributed by atoms with Crippen molar-refractivity contribution in [3.8, 4) is 5.75 Å². The van der Waals surface area contributed by atoms with E-state index >= 15 is 0 Å². The number of carbonyl (C=O) groups excluding carboxylic acids is 1. The van der Waals surface area contributed by atoms with Gasteiger partial charge in [0.05, 0.1) is 17.2 Å². The minimum absolute atomic E-state index is 0.123. The van der Waals surface area contributed by atoms with Crippen molar-refractivity contribution in [2.75, 3.05) is 37.1 Å². The van der Waals surface area contributed by atoms with Gasteiger partial charge in [0.15, 0.2) is 0 Å². The fraction of sp³-hybridized carbons (Fsp3) is 0.500. The Hall–Kier alpha value is -2.10. The second-order valence-corrected chi connectivity index (χ2v) is 11.5. The molecule has 1 unspecified atom stereocenters. The summed E-state index contributed by atoms with van der Waals surface area (Å²) in [6.45, 7) is 6.90. The molecule has 9 heteroatoms. The van der Waals surface area contributed by atoms with Crippen LogP contribution >= 0.6 is 15.9 Å². The van der Waals surface area contributed by atoms with Crippen molar-refractivity contribution in [2.45, 2.75) is 56.9 Å². The van der Waals surface area contributed by atoms with Gasteiger partial charge in [0.2, 0.25) is 5.91 Å². The highest BCUT2D eigenvalue weighted by Crippen LogP contribution is 2.26. The quantitative estimate of drug-likeness (QED) is 0.373. The lowest BCUT2D eigenvalue weighted by molar-refractivity contribution is -0.119. The number of carbonyl (C=O) groups is 1. The topological polar surface area (TPSA) is 79.0 Å². The summed E-state index contributed by atoms with van der Waals surface area (Å²) in [5.74, 6) is 0.315.